The van der Waals surface area contributed by atoms with E-state index in [-0.39, 0.29) is 11.8 Å². The van der Waals surface area contributed by atoms with Gasteiger partial charge in [0.25, 0.3) is 0 Å². The lowest BCUT2D eigenvalue weighted by molar-refractivity contribution is 0.171. The molecule has 0 amide bonds. The van der Waals surface area contributed by atoms with E-state index in [1.807, 2.05) is 18.2 Å². The summed E-state index contributed by atoms with van der Waals surface area (Å²) in [7, 11) is -2.08. The smallest absolute Gasteiger partial charge is 0.243 e. The third-order valence-corrected chi connectivity index (χ3v) is 9.52. The van der Waals surface area contributed by atoms with Crippen molar-refractivity contribution in [3.63, 3.8) is 0 Å². The zero-order chi connectivity index (χ0) is 25.8. The molecule has 2 heterocycles. The number of aromatic hydroxyl groups is 1. The number of fused-ring (bicyclic) bond motifs is 1. The second-order valence-electron chi connectivity index (χ2n) is 9.88. The summed E-state index contributed by atoms with van der Waals surface area (Å²) < 4.78 is 29.5. The van der Waals surface area contributed by atoms with Gasteiger partial charge in [-0.25, -0.2) is 8.42 Å². The molecule has 192 valence electrons. The standard InChI is InChI=1S/C30H33N3O3S/c1-32(37(35,36)30-9-5-8-26-21-31-17-14-29(26)30)27(20-23-10-12-28(34)13-11-23)22-33-18-15-25(16-19-33)24-6-3-2-4-7-24/h2-14,17,21,25,27,34H,15-16,18-20,22H2,1H3. The number of phenols is 1. The highest BCUT2D eigenvalue weighted by Crippen LogP contribution is 2.30. The van der Waals surface area contributed by atoms with Crippen LogP contribution >= 0.6 is 0 Å². The van der Waals surface area contributed by atoms with E-state index in [4.69, 9.17) is 0 Å². The molecule has 0 spiro atoms. The fourth-order valence-electron chi connectivity index (χ4n) is 5.35. The van der Waals surface area contributed by atoms with Crippen molar-refractivity contribution in [1.29, 1.82) is 0 Å². The Hall–Kier alpha value is -3.26. The Bertz CT molecular complexity index is 1430. The van der Waals surface area contributed by atoms with Crippen molar-refractivity contribution in [2.24, 2.45) is 0 Å². The number of sulfonamides is 1. The van der Waals surface area contributed by atoms with Crippen molar-refractivity contribution in [2.75, 3.05) is 26.7 Å². The third-order valence-electron chi connectivity index (χ3n) is 7.55. The number of hydrogen-bond acceptors (Lipinski definition) is 5. The van der Waals surface area contributed by atoms with Crippen LogP contribution in [0.5, 0.6) is 5.75 Å². The van der Waals surface area contributed by atoms with Crippen LogP contribution in [0, 0.1) is 0 Å². The number of phenolic OH excluding ortho intramolecular Hbond substituents is 1. The molecule has 1 saturated heterocycles. The second-order valence-corrected chi connectivity index (χ2v) is 11.9. The number of aromatic nitrogens is 1. The molecule has 0 bridgehead atoms. The van der Waals surface area contributed by atoms with E-state index in [9.17, 15) is 13.5 Å². The molecule has 6 nitrogen and oxygen atoms in total. The second kappa shape index (κ2) is 11.0. The average Bonchev–Trinajstić information content (AvgIpc) is 2.94. The minimum absolute atomic E-state index is 0.202. The SMILES string of the molecule is CN(C(Cc1ccc(O)cc1)CN1CCC(c2ccccc2)CC1)S(=O)(=O)c1cccc2cnccc12. The van der Waals surface area contributed by atoms with E-state index in [0.29, 0.717) is 29.2 Å². The van der Waals surface area contributed by atoms with Crippen molar-refractivity contribution in [3.8, 4) is 5.75 Å². The largest absolute Gasteiger partial charge is 0.508 e. The van der Waals surface area contributed by atoms with Crippen LogP contribution in [-0.4, -0.2) is 60.4 Å². The molecule has 7 heteroatoms. The quantitative estimate of drug-likeness (QED) is 0.355. The van der Waals surface area contributed by atoms with Gasteiger partial charge >= 0.3 is 0 Å². The van der Waals surface area contributed by atoms with Gasteiger partial charge in [0.2, 0.25) is 10.0 Å². The number of rotatable bonds is 8. The lowest BCUT2D eigenvalue weighted by Crippen LogP contribution is -2.47. The van der Waals surface area contributed by atoms with Crippen LogP contribution in [0.15, 0.2) is 96.2 Å². The first kappa shape index (κ1) is 25.4. The number of likely N-dealkylation sites (tertiary alicyclic amines) is 1. The number of benzene rings is 3. The van der Waals surface area contributed by atoms with Gasteiger partial charge in [-0.1, -0.05) is 54.6 Å². The number of pyridine rings is 1. The van der Waals surface area contributed by atoms with Crippen LogP contribution in [-0.2, 0) is 16.4 Å². The zero-order valence-electron chi connectivity index (χ0n) is 21.1. The molecule has 1 N–H and O–H groups in total. The van der Waals surface area contributed by atoms with Crippen molar-refractivity contribution >= 4 is 20.8 Å². The summed E-state index contributed by atoms with van der Waals surface area (Å²) >= 11 is 0. The number of nitrogens with zero attached hydrogens (tertiary/aromatic N) is 3. The van der Waals surface area contributed by atoms with E-state index < -0.39 is 10.0 Å². The third kappa shape index (κ3) is 5.69. The van der Waals surface area contributed by atoms with E-state index in [1.54, 1.807) is 54.1 Å². The minimum atomic E-state index is -3.77. The molecule has 1 unspecified atom stereocenters. The van der Waals surface area contributed by atoms with E-state index in [2.05, 4.69) is 40.2 Å². The molecule has 0 radical (unpaired) electrons. The zero-order valence-corrected chi connectivity index (χ0v) is 21.9. The Labute approximate surface area is 219 Å². The normalized spacial score (nSPS) is 16.3. The number of hydrogen-bond donors (Lipinski definition) is 1. The van der Waals surface area contributed by atoms with Crippen LogP contribution < -0.4 is 0 Å². The first-order chi connectivity index (χ1) is 17.9. The molecule has 4 aromatic rings. The average molecular weight is 516 g/mol. The predicted molar refractivity (Wildman–Crippen MR) is 147 cm³/mol. The Kier molecular flexibility index (Phi) is 7.55. The summed E-state index contributed by atoms with van der Waals surface area (Å²) in [6.45, 7) is 2.50. The van der Waals surface area contributed by atoms with Crippen LogP contribution in [0.25, 0.3) is 10.8 Å². The predicted octanol–water partition coefficient (Wildman–Crippen LogP) is 5.05. The molecule has 37 heavy (non-hydrogen) atoms. The summed E-state index contributed by atoms with van der Waals surface area (Å²) in [5.74, 6) is 0.743. The summed E-state index contributed by atoms with van der Waals surface area (Å²) in [4.78, 5) is 6.84. The highest BCUT2D eigenvalue weighted by Gasteiger charge is 2.32. The summed E-state index contributed by atoms with van der Waals surface area (Å²) in [6.07, 6.45) is 6.00. The van der Waals surface area contributed by atoms with Gasteiger partial charge < -0.3 is 10.0 Å². The van der Waals surface area contributed by atoms with Gasteiger partial charge in [-0.15, -0.1) is 0 Å². The molecule has 1 fully saturated rings. The van der Waals surface area contributed by atoms with Crippen LogP contribution in [0.2, 0.25) is 0 Å². The van der Waals surface area contributed by atoms with Gasteiger partial charge in [-0.05, 0) is 73.7 Å². The van der Waals surface area contributed by atoms with Crippen molar-refractivity contribution in [2.45, 2.75) is 36.1 Å². The van der Waals surface area contributed by atoms with Crippen molar-refractivity contribution < 1.29 is 13.5 Å². The maximum atomic E-state index is 14.0. The fourth-order valence-corrected chi connectivity index (χ4v) is 6.91. The van der Waals surface area contributed by atoms with E-state index in [0.717, 1.165) is 36.9 Å². The maximum absolute atomic E-state index is 14.0. The number of likely N-dealkylation sites (N-methyl/N-ethyl adjacent to an activating group) is 1. The summed E-state index contributed by atoms with van der Waals surface area (Å²) in [5, 5.41) is 11.2. The molecule has 0 aliphatic carbocycles. The monoisotopic (exact) mass is 515 g/mol. The van der Waals surface area contributed by atoms with E-state index >= 15 is 0 Å². The molecular weight excluding hydrogens is 482 g/mol. The van der Waals surface area contributed by atoms with Crippen molar-refractivity contribution in [1.82, 2.24) is 14.2 Å². The minimum Gasteiger partial charge on any atom is -0.508 e. The fraction of sp³-hybridized carbons (Fsp3) is 0.300. The van der Waals surface area contributed by atoms with Crippen molar-refractivity contribution in [3.05, 3.63) is 102 Å². The molecule has 5 rings (SSSR count). The van der Waals surface area contributed by atoms with Gasteiger partial charge in [-0.3, -0.25) is 4.98 Å². The van der Waals surface area contributed by atoms with E-state index in [1.165, 1.54) is 5.56 Å². The maximum Gasteiger partial charge on any atom is 0.243 e. The summed E-state index contributed by atoms with van der Waals surface area (Å²) in [5.41, 5.74) is 2.37. The molecular formula is C30H33N3O3S. The molecule has 3 aromatic carbocycles. The van der Waals surface area contributed by atoms with Crippen LogP contribution in [0.3, 0.4) is 0 Å². The molecule has 1 aromatic heterocycles. The Balaban J connectivity index is 1.39. The number of piperidine rings is 1. The lowest BCUT2D eigenvalue weighted by Gasteiger charge is -2.37. The first-order valence-corrected chi connectivity index (χ1v) is 14.2. The van der Waals surface area contributed by atoms with Gasteiger partial charge in [0.1, 0.15) is 5.75 Å². The Morgan fingerprint density at radius 2 is 1.70 bits per heavy atom. The highest BCUT2D eigenvalue weighted by molar-refractivity contribution is 7.89. The van der Waals surface area contributed by atoms with Crippen LogP contribution in [0.4, 0.5) is 0 Å². The Morgan fingerprint density at radius 3 is 2.43 bits per heavy atom. The lowest BCUT2D eigenvalue weighted by atomic mass is 9.89. The molecule has 1 atom stereocenters. The van der Waals surface area contributed by atoms with Gasteiger partial charge in [0.05, 0.1) is 4.90 Å². The molecule has 1 aliphatic heterocycles. The van der Waals surface area contributed by atoms with Gasteiger partial charge in [0.15, 0.2) is 0 Å². The summed E-state index contributed by atoms with van der Waals surface area (Å²) in [6, 6.07) is 24.5. The van der Waals surface area contributed by atoms with Crippen LogP contribution in [0.1, 0.15) is 29.9 Å². The molecule has 0 saturated carbocycles. The molecule has 1 aliphatic rings. The topological polar surface area (TPSA) is 73.7 Å². The van der Waals surface area contributed by atoms with Gasteiger partial charge in [-0.2, -0.15) is 4.31 Å². The first-order valence-electron chi connectivity index (χ1n) is 12.8. The highest BCUT2D eigenvalue weighted by atomic mass is 32.2. The van der Waals surface area contributed by atoms with Gasteiger partial charge in [0, 0.05) is 42.8 Å². The Morgan fingerprint density at radius 1 is 0.973 bits per heavy atom.